The fourth-order valence-electron chi connectivity index (χ4n) is 8.35. The molecule has 12 nitrogen and oxygen atoms in total. The third-order valence-electron chi connectivity index (χ3n) is 12.3. The summed E-state index contributed by atoms with van der Waals surface area (Å²) in [7, 11) is 4.35. The molecule has 1 aliphatic carbocycles. The van der Waals surface area contributed by atoms with Crippen LogP contribution in [0.4, 0.5) is 5.69 Å². The number of rotatable bonds is 23. The lowest BCUT2D eigenvalue weighted by Crippen LogP contribution is -2.46. The van der Waals surface area contributed by atoms with Gasteiger partial charge in [0.15, 0.2) is 13.1 Å². The molecule has 6 rings (SSSR count). The molecule has 3 heterocycles. The Morgan fingerprint density at radius 3 is 2.16 bits per heavy atom. The van der Waals surface area contributed by atoms with E-state index in [1.165, 1.54) is 11.0 Å². The monoisotopic (exact) mass is 902 g/mol. The van der Waals surface area contributed by atoms with Crippen molar-refractivity contribution in [2.24, 2.45) is 10.8 Å². The first-order valence-electron chi connectivity index (χ1n) is 23.5. The summed E-state index contributed by atoms with van der Waals surface area (Å²) < 4.78 is 26.6. The van der Waals surface area contributed by atoms with Gasteiger partial charge in [0.05, 0.1) is 52.2 Å². The van der Waals surface area contributed by atoms with Gasteiger partial charge >= 0.3 is 0 Å². The van der Waals surface area contributed by atoms with Crippen molar-refractivity contribution in [2.45, 2.75) is 59.8 Å². The lowest BCUT2D eigenvalue weighted by molar-refractivity contribution is -0.124. The van der Waals surface area contributed by atoms with Crippen molar-refractivity contribution in [3.63, 3.8) is 0 Å². The Bertz CT molecular complexity index is 2140. The molecule has 0 bridgehead atoms. The summed E-state index contributed by atoms with van der Waals surface area (Å²) in [6.07, 6.45) is 4.71. The number of hydrogen-bond donors (Lipinski definition) is 2. The molecule has 0 radical (unpaired) electrons. The quantitative estimate of drug-likeness (QED) is 0.0359. The van der Waals surface area contributed by atoms with E-state index in [1.54, 1.807) is 0 Å². The van der Waals surface area contributed by atoms with Gasteiger partial charge in [-0.1, -0.05) is 52.7 Å². The minimum absolute atomic E-state index is 0.0303. The smallest absolute Gasteiger partial charge is 0.251 e. The van der Waals surface area contributed by atoms with Crippen LogP contribution in [0.1, 0.15) is 70.2 Å². The lowest BCUT2D eigenvalue weighted by Gasteiger charge is -2.34. The summed E-state index contributed by atoms with van der Waals surface area (Å²) in [6.45, 7) is 20.3. The van der Waals surface area contributed by atoms with Crippen molar-refractivity contribution in [2.75, 3.05) is 130 Å². The number of unbranched alkanes of at least 4 members (excludes halogenated alkanes) is 3. The first-order valence-corrected chi connectivity index (χ1v) is 24.0. The zero-order valence-corrected chi connectivity index (χ0v) is 40.2. The molecule has 2 saturated heterocycles. The first kappa shape index (κ1) is 49.4. The molecule has 2 N–H and O–H groups in total. The van der Waals surface area contributed by atoms with Gasteiger partial charge in [-0.25, -0.2) is 4.58 Å². The predicted molar refractivity (Wildman–Crippen MR) is 260 cm³/mol. The van der Waals surface area contributed by atoms with Crippen LogP contribution < -0.4 is 25.5 Å². The van der Waals surface area contributed by atoms with Crippen molar-refractivity contribution in [1.82, 2.24) is 25.0 Å². The number of piperazine rings is 2. The number of carbonyl (C=O) groups excluding carboxylic acids is 2. The predicted octanol–water partition coefficient (Wildman–Crippen LogP) is 6.81. The van der Waals surface area contributed by atoms with Gasteiger partial charge in [-0.2, -0.15) is 0 Å². The number of carbonyl (C=O) groups is 2. The van der Waals surface area contributed by atoms with Crippen LogP contribution in [0.2, 0.25) is 0 Å². The highest BCUT2D eigenvalue weighted by molar-refractivity contribution is 6.17. The second-order valence-electron chi connectivity index (χ2n) is 19.4. The lowest BCUT2D eigenvalue weighted by atomic mass is 9.89. The maximum atomic E-state index is 13.5. The van der Waals surface area contributed by atoms with Crippen molar-refractivity contribution < 1.29 is 28.2 Å². The number of benzene rings is 3. The van der Waals surface area contributed by atoms with Crippen LogP contribution in [0.3, 0.4) is 0 Å². The molecule has 0 atom stereocenters. The Balaban J connectivity index is 1.01. The van der Waals surface area contributed by atoms with E-state index < -0.39 is 0 Å². The number of nitrogens with zero attached hydrogens (tertiary/aromatic N) is 4. The van der Waals surface area contributed by atoms with Crippen LogP contribution in [-0.4, -0.2) is 147 Å². The molecule has 350 valence electrons. The Kier molecular flexibility index (Phi) is 18.5. The van der Waals surface area contributed by atoms with Gasteiger partial charge < -0.3 is 39.1 Å². The maximum absolute atomic E-state index is 13.5. The van der Waals surface area contributed by atoms with E-state index in [0.29, 0.717) is 58.1 Å². The normalized spacial score (nSPS) is 15.6. The third-order valence-corrected chi connectivity index (χ3v) is 12.6. The number of ether oxygens (including phenoxy) is 3. The van der Waals surface area contributed by atoms with Crippen molar-refractivity contribution >= 4 is 40.1 Å². The van der Waals surface area contributed by atoms with E-state index in [1.807, 2.05) is 26.0 Å². The molecule has 2 amide bonds. The minimum atomic E-state index is -0.354. The van der Waals surface area contributed by atoms with Gasteiger partial charge in [0.1, 0.15) is 11.3 Å². The van der Waals surface area contributed by atoms with E-state index >= 15 is 0 Å². The van der Waals surface area contributed by atoms with Gasteiger partial charge in [-0.3, -0.25) is 14.5 Å². The Morgan fingerprint density at radius 1 is 0.734 bits per heavy atom. The fraction of sp³-hybridized carbons (Fsp3) is 0.588. The molecule has 0 saturated carbocycles. The zero-order chi connectivity index (χ0) is 45.5. The van der Waals surface area contributed by atoms with E-state index in [0.717, 1.165) is 124 Å². The van der Waals surface area contributed by atoms with Crippen molar-refractivity contribution in [1.29, 1.82) is 0 Å². The Hall–Kier alpha value is -4.04. The topological polar surface area (TPSA) is 112 Å². The molecule has 0 unspecified atom stereocenters. The second-order valence-corrected chi connectivity index (χ2v) is 19.7. The van der Waals surface area contributed by atoms with Crippen LogP contribution in [0.5, 0.6) is 0 Å². The SMILES string of the molecule is CN1CCN(c2ccc3c(-c4ccc(C(=O)NCC(C)(C)COCC(C)(C)CC(=O)NCCOCCOCCCCCCCl)cc4)c4ccc(=[N+]5CCN(C)CC5)cc-4oc3c2)CC1. The minimum Gasteiger partial charge on any atom is -0.456 e. The zero-order valence-electron chi connectivity index (χ0n) is 39.4. The van der Waals surface area contributed by atoms with Crippen LogP contribution in [0.25, 0.3) is 33.4 Å². The Labute approximate surface area is 386 Å². The number of likely N-dealkylation sites (N-methyl/N-ethyl adjacent to an activating group) is 2. The van der Waals surface area contributed by atoms with Gasteiger partial charge in [0, 0.05) is 103 Å². The number of hydrogen-bond acceptors (Lipinski definition) is 9. The number of nitrogens with one attached hydrogen (secondary N) is 2. The number of alkyl halides is 1. The molecule has 0 aromatic heterocycles. The average Bonchev–Trinajstić information content (AvgIpc) is 3.27. The highest BCUT2D eigenvalue weighted by Crippen LogP contribution is 2.41. The van der Waals surface area contributed by atoms with Gasteiger partial charge in [0.25, 0.3) is 5.91 Å². The molecular weight excluding hydrogens is 828 g/mol. The first-order chi connectivity index (χ1) is 30.8. The number of anilines is 1. The average molecular weight is 903 g/mol. The van der Waals surface area contributed by atoms with Crippen molar-refractivity contribution in [3.05, 3.63) is 71.6 Å². The van der Waals surface area contributed by atoms with Crippen LogP contribution >= 0.6 is 11.6 Å². The summed E-state index contributed by atoms with van der Waals surface area (Å²) in [4.78, 5) is 33.4. The second kappa shape index (κ2) is 23.9. The van der Waals surface area contributed by atoms with E-state index in [4.69, 9.17) is 30.2 Å². The molecule has 13 heteroatoms. The molecule has 4 aliphatic rings. The van der Waals surface area contributed by atoms with Crippen LogP contribution in [0.15, 0.2) is 65.1 Å². The number of halogens is 1. The molecule has 2 aromatic carbocycles. The molecule has 3 aliphatic heterocycles. The van der Waals surface area contributed by atoms with Crippen LogP contribution in [0, 0.1) is 10.8 Å². The standard InChI is InChI=1S/C51H73ClN6O6/c1-50(2,35-47(59)53-20-30-62-32-31-61-29-10-8-7-9-19-52)37-63-38-51(3,4)36-54-49(60)40-13-11-39(12-14-40)48-43-17-15-41(57-25-21-55(5)22-26-57)33-45(43)64-46-34-42(16-18-44(46)48)58-27-23-56(6)24-28-58/h11-18,33-34H,7-10,19-32,35-38H2,1-6H3,(H-,53,54,59,60)/p+1. The van der Waals surface area contributed by atoms with Gasteiger partial charge in [-0.05, 0) is 68.2 Å². The highest BCUT2D eigenvalue weighted by Gasteiger charge is 2.27. The fourth-order valence-corrected chi connectivity index (χ4v) is 8.54. The summed E-state index contributed by atoms with van der Waals surface area (Å²) >= 11 is 5.71. The Morgan fingerprint density at radius 2 is 1.42 bits per heavy atom. The van der Waals surface area contributed by atoms with Gasteiger partial charge in [0.2, 0.25) is 11.3 Å². The number of amides is 2. The van der Waals surface area contributed by atoms with Crippen molar-refractivity contribution in [3.8, 4) is 22.5 Å². The summed E-state index contributed by atoms with van der Waals surface area (Å²) in [5, 5.41) is 8.31. The summed E-state index contributed by atoms with van der Waals surface area (Å²) in [6, 6.07) is 21.1. The summed E-state index contributed by atoms with van der Waals surface area (Å²) in [5.74, 6) is 1.41. The molecular formula is C51H74ClN6O6+. The van der Waals surface area contributed by atoms with E-state index in [-0.39, 0.29) is 22.6 Å². The number of fused-ring (bicyclic) bond motifs is 2. The summed E-state index contributed by atoms with van der Waals surface area (Å²) in [5.41, 5.74) is 5.12. The third kappa shape index (κ3) is 14.7. The maximum Gasteiger partial charge on any atom is 0.251 e. The highest BCUT2D eigenvalue weighted by atomic mass is 35.5. The van der Waals surface area contributed by atoms with E-state index in [2.05, 4.69) is 106 Å². The van der Waals surface area contributed by atoms with E-state index in [9.17, 15) is 9.59 Å². The molecule has 0 spiro atoms. The largest absolute Gasteiger partial charge is 0.456 e. The molecule has 2 aromatic rings. The van der Waals surface area contributed by atoms with Crippen LogP contribution in [-0.2, 0) is 19.0 Å². The molecule has 2 fully saturated rings. The van der Waals surface area contributed by atoms with Gasteiger partial charge in [-0.15, -0.1) is 11.6 Å². The molecule has 64 heavy (non-hydrogen) atoms.